The van der Waals surface area contributed by atoms with Gasteiger partial charge in [0.25, 0.3) is 0 Å². The smallest absolute Gasteiger partial charge is 0.234 e. The molecule has 0 aromatic rings. The van der Waals surface area contributed by atoms with Crippen LogP contribution in [0.5, 0.6) is 0 Å². The van der Waals surface area contributed by atoms with E-state index in [2.05, 4.69) is 5.32 Å². The van der Waals surface area contributed by atoms with Gasteiger partial charge in [0.15, 0.2) is 0 Å². The highest BCUT2D eigenvalue weighted by molar-refractivity contribution is 5.79. The fraction of sp³-hybridized carbons (Fsp3) is 0.900. The van der Waals surface area contributed by atoms with Crippen molar-refractivity contribution >= 4 is 5.91 Å². The van der Waals surface area contributed by atoms with Crippen LogP contribution in [-0.4, -0.2) is 18.5 Å². The predicted molar refractivity (Wildman–Crippen MR) is 51.1 cm³/mol. The number of hydrogen-bond acceptors (Lipinski definition) is 2. The highest BCUT2D eigenvalue weighted by Gasteiger charge is 2.33. The summed E-state index contributed by atoms with van der Waals surface area (Å²) in [6.07, 6.45) is 6.32. The van der Waals surface area contributed by atoms with Crippen molar-refractivity contribution in [2.24, 2.45) is 17.6 Å². The number of hydrogen-bond donors (Lipinski definition) is 2. The SMILES string of the molecule is NC(=O)C1CC2CCCCC2CN1. The van der Waals surface area contributed by atoms with Gasteiger partial charge in [0.05, 0.1) is 6.04 Å². The molecule has 3 nitrogen and oxygen atoms in total. The van der Waals surface area contributed by atoms with E-state index in [0.29, 0.717) is 0 Å². The normalized spacial score (nSPS) is 39.5. The maximum absolute atomic E-state index is 11.0. The molecule has 1 saturated heterocycles. The number of carbonyl (C=O) groups excluding carboxylic acids is 1. The van der Waals surface area contributed by atoms with Crippen molar-refractivity contribution in [3.8, 4) is 0 Å². The summed E-state index contributed by atoms with van der Waals surface area (Å²) < 4.78 is 0. The van der Waals surface area contributed by atoms with Gasteiger partial charge in [-0.1, -0.05) is 19.3 Å². The van der Waals surface area contributed by atoms with Crippen LogP contribution in [0.15, 0.2) is 0 Å². The molecule has 1 saturated carbocycles. The van der Waals surface area contributed by atoms with Crippen molar-refractivity contribution in [2.75, 3.05) is 6.54 Å². The Morgan fingerprint density at radius 3 is 2.62 bits per heavy atom. The van der Waals surface area contributed by atoms with Gasteiger partial charge >= 0.3 is 0 Å². The minimum absolute atomic E-state index is 0.0562. The predicted octanol–water partition coefficient (Wildman–Crippen LogP) is 0.640. The van der Waals surface area contributed by atoms with Crippen LogP contribution in [0.25, 0.3) is 0 Å². The summed E-state index contributed by atoms with van der Waals surface area (Å²) in [7, 11) is 0. The Labute approximate surface area is 79.1 Å². The molecule has 0 spiro atoms. The largest absolute Gasteiger partial charge is 0.368 e. The molecule has 0 radical (unpaired) electrons. The third kappa shape index (κ3) is 1.85. The van der Waals surface area contributed by atoms with Crippen molar-refractivity contribution in [1.29, 1.82) is 0 Å². The van der Waals surface area contributed by atoms with E-state index in [1.54, 1.807) is 0 Å². The van der Waals surface area contributed by atoms with Crippen molar-refractivity contribution in [3.05, 3.63) is 0 Å². The first kappa shape index (κ1) is 9.00. The Balaban J connectivity index is 1.95. The summed E-state index contributed by atoms with van der Waals surface area (Å²) in [6, 6.07) is -0.0562. The molecule has 0 aromatic carbocycles. The molecule has 0 aromatic heterocycles. The van der Waals surface area contributed by atoms with Crippen LogP contribution in [0.2, 0.25) is 0 Å². The molecule has 3 atom stereocenters. The van der Waals surface area contributed by atoms with E-state index in [1.165, 1.54) is 25.7 Å². The Kier molecular flexibility index (Phi) is 2.54. The van der Waals surface area contributed by atoms with Crippen molar-refractivity contribution < 1.29 is 4.79 Å². The van der Waals surface area contributed by atoms with Crippen LogP contribution in [0.1, 0.15) is 32.1 Å². The molecular weight excluding hydrogens is 164 g/mol. The lowest BCUT2D eigenvalue weighted by Gasteiger charge is -2.38. The monoisotopic (exact) mass is 182 g/mol. The van der Waals surface area contributed by atoms with Crippen LogP contribution >= 0.6 is 0 Å². The second-order valence-electron chi connectivity index (χ2n) is 4.40. The molecule has 2 fully saturated rings. The van der Waals surface area contributed by atoms with Gasteiger partial charge in [-0.2, -0.15) is 0 Å². The zero-order chi connectivity index (χ0) is 9.26. The first-order valence-corrected chi connectivity index (χ1v) is 5.30. The first-order chi connectivity index (χ1) is 6.27. The van der Waals surface area contributed by atoms with Gasteiger partial charge in [0.2, 0.25) is 5.91 Å². The lowest BCUT2D eigenvalue weighted by molar-refractivity contribution is -0.121. The Morgan fingerprint density at radius 2 is 1.92 bits per heavy atom. The minimum atomic E-state index is -0.177. The maximum atomic E-state index is 11.0. The summed E-state index contributed by atoms with van der Waals surface area (Å²) in [5.41, 5.74) is 5.29. The number of piperidine rings is 1. The van der Waals surface area contributed by atoms with Crippen LogP contribution in [0.4, 0.5) is 0 Å². The number of nitrogens with one attached hydrogen (secondary N) is 1. The van der Waals surface area contributed by atoms with E-state index in [9.17, 15) is 4.79 Å². The first-order valence-electron chi connectivity index (χ1n) is 5.30. The van der Waals surface area contributed by atoms with Gasteiger partial charge in [-0.25, -0.2) is 0 Å². The molecule has 3 N–H and O–H groups in total. The van der Waals surface area contributed by atoms with E-state index in [0.717, 1.165) is 24.8 Å². The maximum Gasteiger partial charge on any atom is 0.234 e. The summed E-state index contributed by atoms with van der Waals surface area (Å²) in [6.45, 7) is 0.998. The quantitative estimate of drug-likeness (QED) is 0.625. The van der Waals surface area contributed by atoms with E-state index < -0.39 is 0 Å². The molecule has 2 aliphatic rings. The number of fused-ring (bicyclic) bond motifs is 1. The molecule has 2 rings (SSSR count). The average molecular weight is 182 g/mol. The third-order valence-corrected chi connectivity index (χ3v) is 3.57. The van der Waals surface area contributed by atoms with Gasteiger partial charge in [0.1, 0.15) is 0 Å². The molecule has 13 heavy (non-hydrogen) atoms. The summed E-state index contributed by atoms with van der Waals surface area (Å²) >= 11 is 0. The van der Waals surface area contributed by atoms with Crippen LogP contribution in [0.3, 0.4) is 0 Å². The van der Waals surface area contributed by atoms with Gasteiger partial charge < -0.3 is 11.1 Å². The third-order valence-electron chi connectivity index (χ3n) is 3.57. The molecule has 0 bridgehead atoms. The minimum Gasteiger partial charge on any atom is -0.368 e. The van der Waals surface area contributed by atoms with Crippen LogP contribution in [-0.2, 0) is 4.79 Å². The Morgan fingerprint density at radius 1 is 1.23 bits per heavy atom. The number of primary amides is 1. The highest BCUT2D eigenvalue weighted by atomic mass is 16.1. The average Bonchev–Trinajstić information content (AvgIpc) is 2.17. The van der Waals surface area contributed by atoms with Gasteiger partial charge in [0, 0.05) is 0 Å². The van der Waals surface area contributed by atoms with E-state index in [1.807, 2.05) is 0 Å². The molecule has 3 unspecified atom stereocenters. The van der Waals surface area contributed by atoms with E-state index in [4.69, 9.17) is 5.73 Å². The Bertz CT molecular complexity index is 205. The molecule has 1 aliphatic heterocycles. The zero-order valence-electron chi connectivity index (χ0n) is 7.96. The van der Waals surface area contributed by atoms with Crippen molar-refractivity contribution in [3.63, 3.8) is 0 Å². The number of amides is 1. The Hall–Kier alpha value is -0.570. The number of nitrogens with two attached hydrogens (primary N) is 1. The van der Waals surface area contributed by atoms with Crippen LogP contribution in [0, 0.1) is 11.8 Å². The van der Waals surface area contributed by atoms with Crippen molar-refractivity contribution in [2.45, 2.75) is 38.1 Å². The fourth-order valence-electron chi connectivity index (χ4n) is 2.76. The van der Waals surface area contributed by atoms with E-state index in [-0.39, 0.29) is 11.9 Å². The number of carbonyl (C=O) groups is 1. The summed E-state index contributed by atoms with van der Waals surface area (Å²) in [5.74, 6) is 1.39. The summed E-state index contributed by atoms with van der Waals surface area (Å²) in [4.78, 5) is 11.0. The number of rotatable bonds is 1. The van der Waals surface area contributed by atoms with Crippen molar-refractivity contribution in [1.82, 2.24) is 5.32 Å². The lowest BCUT2D eigenvalue weighted by Crippen LogP contribution is -2.51. The summed E-state index contributed by atoms with van der Waals surface area (Å²) in [5, 5.41) is 3.24. The fourth-order valence-corrected chi connectivity index (χ4v) is 2.76. The molecule has 1 heterocycles. The standard InChI is InChI=1S/C10H18N2O/c11-10(13)9-5-7-3-1-2-4-8(7)6-12-9/h7-9,12H,1-6H2,(H2,11,13). The second-order valence-corrected chi connectivity index (χ2v) is 4.40. The molecule has 3 heteroatoms. The highest BCUT2D eigenvalue weighted by Crippen LogP contribution is 2.35. The molecule has 1 amide bonds. The topological polar surface area (TPSA) is 55.1 Å². The van der Waals surface area contributed by atoms with Gasteiger partial charge in [-0.3, -0.25) is 4.79 Å². The second kappa shape index (κ2) is 3.66. The lowest BCUT2D eigenvalue weighted by atomic mass is 9.73. The molecular formula is C10H18N2O. The van der Waals surface area contributed by atoms with E-state index >= 15 is 0 Å². The van der Waals surface area contributed by atoms with Gasteiger partial charge in [-0.15, -0.1) is 0 Å². The van der Waals surface area contributed by atoms with Crippen LogP contribution < -0.4 is 11.1 Å². The molecule has 1 aliphatic carbocycles. The van der Waals surface area contributed by atoms with Gasteiger partial charge in [-0.05, 0) is 31.2 Å². The molecule has 74 valence electrons. The zero-order valence-corrected chi connectivity index (χ0v) is 7.96.